The van der Waals surface area contributed by atoms with E-state index < -0.39 is 35.2 Å². The number of carbonyl (C=O) groups is 1. The number of aryl methyl sites for hydroxylation is 1. The first-order chi connectivity index (χ1) is 15.4. The molecule has 1 fully saturated rings. The zero-order valence-electron chi connectivity index (χ0n) is 17.8. The normalized spacial score (nSPS) is 14.9. The van der Waals surface area contributed by atoms with Crippen molar-refractivity contribution in [2.24, 2.45) is 0 Å². The molecule has 180 valence electrons. The molecule has 0 unspecified atom stereocenters. The number of nitrogens with zero attached hydrogens (tertiary/aromatic N) is 4. The van der Waals surface area contributed by atoms with Gasteiger partial charge in [0.25, 0.3) is 0 Å². The Balaban J connectivity index is 1.70. The highest BCUT2D eigenvalue weighted by Crippen LogP contribution is 2.37. The van der Waals surface area contributed by atoms with Gasteiger partial charge in [0, 0.05) is 44.5 Å². The molecule has 13 heteroatoms. The van der Waals surface area contributed by atoms with Crippen molar-refractivity contribution in [2.45, 2.75) is 26.2 Å². The van der Waals surface area contributed by atoms with E-state index in [1.165, 1.54) is 4.90 Å². The number of hydrogen-bond acceptors (Lipinski definition) is 5. The van der Waals surface area contributed by atoms with Crippen molar-refractivity contribution in [1.29, 1.82) is 0 Å². The van der Waals surface area contributed by atoms with Crippen molar-refractivity contribution in [2.75, 3.05) is 48.3 Å². The third kappa shape index (κ3) is 6.17. The molecule has 0 aliphatic carbocycles. The van der Waals surface area contributed by atoms with Gasteiger partial charge in [-0.25, -0.2) is 14.8 Å². The largest absolute Gasteiger partial charge is 0.416 e. The Morgan fingerprint density at radius 2 is 1.52 bits per heavy atom. The van der Waals surface area contributed by atoms with Crippen molar-refractivity contribution in [3.05, 3.63) is 41.2 Å². The molecule has 0 atom stereocenters. The summed E-state index contributed by atoms with van der Waals surface area (Å²) in [5.74, 6) is 1.88. The highest BCUT2D eigenvalue weighted by Gasteiger charge is 2.37. The van der Waals surface area contributed by atoms with Gasteiger partial charge in [0.1, 0.15) is 17.5 Å². The second-order valence-electron chi connectivity index (χ2n) is 7.39. The average Bonchev–Trinajstić information content (AvgIpc) is 2.72. The second kappa shape index (κ2) is 9.32. The predicted molar refractivity (Wildman–Crippen MR) is 110 cm³/mol. The number of carbonyl (C=O) groups excluding carboxylic acids is 1. The van der Waals surface area contributed by atoms with Gasteiger partial charge in [0.2, 0.25) is 0 Å². The second-order valence-corrected chi connectivity index (χ2v) is 7.39. The maximum atomic E-state index is 13.0. The number of hydrogen-bond donors (Lipinski definition) is 2. The molecule has 33 heavy (non-hydrogen) atoms. The van der Waals surface area contributed by atoms with E-state index in [4.69, 9.17) is 0 Å². The summed E-state index contributed by atoms with van der Waals surface area (Å²) in [7, 11) is 0. The molecule has 0 radical (unpaired) electrons. The van der Waals surface area contributed by atoms with E-state index in [0.717, 1.165) is 0 Å². The predicted octanol–water partition coefficient (Wildman–Crippen LogP) is 4.61. The van der Waals surface area contributed by atoms with E-state index in [1.807, 2.05) is 11.8 Å². The first-order valence-electron chi connectivity index (χ1n) is 10.1. The van der Waals surface area contributed by atoms with E-state index in [-0.39, 0.29) is 19.2 Å². The van der Waals surface area contributed by atoms with Crippen molar-refractivity contribution in [3.8, 4) is 0 Å². The van der Waals surface area contributed by atoms with Gasteiger partial charge in [-0.3, -0.25) is 0 Å². The number of halogens is 6. The van der Waals surface area contributed by atoms with Gasteiger partial charge in [0.15, 0.2) is 0 Å². The number of benzene rings is 1. The molecule has 7 nitrogen and oxygen atoms in total. The summed E-state index contributed by atoms with van der Waals surface area (Å²) >= 11 is 0. The lowest BCUT2D eigenvalue weighted by Crippen LogP contribution is -2.50. The zero-order chi connectivity index (χ0) is 24.4. The van der Waals surface area contributed by atoms with Crippen LogP contribution in [0.2, 0.25) is 0 Å². The number of nitrogens with one attached hydrogen (secondary N) is 2. The summed E-state index contributed by atoms with van der Waals surface area (Å²) in [6, 6.07) is 1.96. The Kier molecular flexibility index (Phi) is 6.89. The highest BCUT2D eigenvalue weighted by molar-refractivity contribution is 5.89. The molecule has 0 saturated carbocycles. The van der Waals surface area contributed by atoms with Gasteiger partial charge in [-0.15, -0.1) is 0 Å². The van der Waals surface area contributed by atoms with Crippen molar-refractivity contribution in [1.82, 2.24) is 14.9 Å². The minimum atomic E-state index is -4.99. The molecule has 1 aliphatic heterocycles. The summed E-state index contributed by atoms with van der Waals surface area (Å²) in [6.07, 6.45) is -9.99. The van der Waals surface area contributed by atoms with E-state index in [0.29, 0.717) is 49.2 Å². The molecule has 1 aromatic carbocycles. The van der Waals surface area contributed by atoms with Crippen LogP contribution in [0.5, 0.6) is 0 Å². The minimum absolute atomic E-state index is 0.0137. The smallest absolute Gasteiger partial charge is 0.370 e. The van der Waals surface area contributed by atoms with Crippen LogP contribution < -0.4 is 15.5 Å². The van der Waals surface area contributed by atoms with E-state index >= 15 is 0 Å². The standard InChI is InChI=1S/C20H22F6N6O/c1-3-27-16-11-17(29-12(2)28-16)31-4-6-32(7-5-31)18(33)30-15-9-13(19(21,22)23)8-14(10-15)20(24,25)26/h8-11H,3-7H2,1-2H3,(H,30,33)(H,27,28,29). The van der Waals surface area contributed by atoms with Crippen LogP contribution in [0.4, 0.5) is 48.5 Å². The van der Waals surface area contributed by atoms with Crippen LogP contribution in [-0.2, 0) is 12.4 Å². The van der Waals surface area contributed by atoms with Crippen LogP contribution in [0, 0.1) is 6.92 Å². The molecule has 2 N–H and O–H groups in total. The summed E-state index contributed by atoms with van der Waals surface area (Å²) in [5, 5.41) is 5.26. The highest BCUT2D eigenvalue weighted by atomic mass is 19.4. The quantitative estimate of drug-likeness (QED) is 0.631. The Bertz CT molecular complexity index is 969. The summed E-state index contributed by atoms with van der Waals surface area (Å²) < 4.78 is 78.2. The zero-order valence-corrected chi connectivity index (χ0v) is 17.8. The number of rotatable bonds is 4. The van der Waals surface area contributed by atoms with Crippen LogP contribution in [0.1, 0.15) is 23.9 Å². The monoisotopic (exact) mass is 476 g/mol. The van der Waals surface area contributed by atoms with Gasteiger partial charge in [-0.2, -0.15) is 26.3 Å². The third-order valence-electron chi connectivity index (χ3n) is 4.91. The lowest BCUT2D eigenvalue weighted by Gasteiger charge is -2.35. The van der Waals surface area contributed by atoms with E-state index in [2.05, 4.69) is 20.6 Å². The van der Waals surface area contributed by atoms with Gasteiger partial charge < -0.3 is 20.4 Å². The SMILES string of the molecule is CCNc1cc(N2CCN(C(=O)Nc3cc(C(F)(F)F)cc(C(F)(F)F)c3)CC2)nc(C)n1. The topological polar surface area (TPSA) is 73.4 Å². The van der Waals surface area contributed by atoms with Gasteiger partial charge in [-0.05, 0) is 32.0 Å². The average molecular weight is 476 g/mol. The molecule has 2 aromatic rings. The van der Waals surface area contributed by atoms with Crippen LogP contribution in [-0.4, -0.2) is 53.6 Å². The van der Waals surface area contributed by atoms with Crippen molar-refractivity contribution in [3.63, 3.8) is 0 Å². The molecule has 2 heterocycles. The van der Waals surface area contributed by atoms with Crippen molar-refractivity contribution >= 4 is 23.4 Å². The fraction of sp³-hybridized carbons (Fsp3) is 0.450. The Hall–Kier alpha value is -3.25. The minimum Gasteiger partial charge on any atom is -0.370 e. The van der Waals surface area contributed by atoms with Crippen molar-refractivity contribution < 1.29 is 31.1 Å². The molecule has 3 rings (SSSR count). The summed E-state index contributed by atoms with van der Waals surface area (Å²) in [6.45, 7) is 5.52. The number of anilines is 3. The number of alkyl halides is 6. The van der Waals surface area contributed by atoms with E-state index in [9.17, 15) is 31.1 Å². The fourth-order valence-electron chi connectivity index (χ4n) is 3.35. The molecular formula is C20H22F6N6O. The van der Waals surface area contributed by atoms with Crippen LogP contribution in [0.15, 0.2) is 24.3 Å². The maximum Gasteiger partial charge on any atom is 0.416 e. The summed E-state index contributed by atoms with van der Waals surface area (Å²) in [4.78, 5) is 24.4. The number of urea groups is 1. The van der Waals surface area contributed by atoms with Gasteiger partial charge in [0.05, 0.1) is 11.1 Å². The molecule has 0 spiro atoms. The number of amides is 2. The Morgan fingerprint density at radius 1 is 0.939 bits per heavy atom. The van der Waals surface area contributed by atoms with E-state index in [1.54, 1.807) is 13.0 Å². The molecule has 1 saturated heterocycles. The molecule has 0 bridgehead atoms. The Labute approximate surface area is 185 Å². The first kappa shape index (κ1) is 24.4. The maximum absolute atomic E-state index is 13.0. The molecular weight excluding hydrogens is 454 g/mol. The molecule has 1 aliphatic rings. The van der Waals surface area contributed by atoms with Gasteiger partial charge in [-0.1, -0.05) is 0 Å². The lowest BCUT2D eigenvalue weighted by atomic mass is 10.1. The number of aromatic nitrogens is 2. The lowest BCUT2D eigenvalue weighted by molar-refractivity contribution is -0.143. The van der Waals surface area contributed by atoms with Crippen LogP contribution >= 0.6 is 0 Å². The fourth-order valence-corrected chi connectivity index (χ4v) is 3.35. The third-order valence-corrected chi connectivity index (χ3v) is 4.91. The van der Waals surface area contributed by atoms with Crippen LogP contribution in [0.25, 0.3) is 0 Å². The molecule has 1 aromatic heterocycles. The summed E-state index contributed by atoms with van der Waals surface area (Å²) in [5.41, 5.74) is -3.56. The number of piperazine rings is 1. The Morgan fingerprint density at radius 3 is 2.03 bits per heavy atom. The first-order valence-corrected chi connectivity index (χ1v) is 10.1. The van der Waals surface area contributed by atoms with Gasteiger partial charge >= 0.3 is 18.4 Å². The van der Waals surface area contributed by atoms with Crippen LogP contribution in [0.3, 0.4) is 0 Å². The molecule has 2 amide bonds.